The number of nitrogens with zero attached hydrogens (tertiary/aromatic N) is 7. The molecule has 5 rings (SSSR count). The van der Waals surface area contributed by atoms with Gasteiger partial charge in [0.1, 0.15) is 12.1 Å². The van der Waals surface area contributed by atoms with E-state index in [0.717, 1.165) is 36.1 Å². The number of hydrogen-bond donors (Lipinski definition) is 1. The monoisotopic (exact) mass is 438 g/mol. The molecule has 0 fully saturated rings. The summed E-state index contributed by atoms with van der Waals surface area (Å²) < 4.78 is 15.5. The number of nitrogens with one attached hydrogen (secondary N) is 1. The number of pyridine rings is 1. The Labute approximate surface area is 185 Å². The van der Waals surface area contributed by atoms with Crippen molar-refractivity contribution in [2.75, 3.05) is 5.32 Å². The first-order chi connectivity index (χ1) is 14.6. The minimum absolute atomic E-state index is 0. The van der Waals surface area contributed by atoms with Crippen LogP contribution in [0.25, 0.3) is 17.0 Å². The average molecular weight is 439 g/mol. The molecule has 0 aliphatic heterocycles. The van der Waals surface area contributed by atoms with E-state index in [1.54, 1.807) is 17.0 Å². The number of aryl methyl sites for hydroxylation is 1. The lowest BCUT2D eigenvalue weighted by Gasteiger charge is -2.25. The molecule has 8 nitrogen and oxygen atoms in total. The van der Waals surface area contributed by atoms with E-state index in [2.05, 4.69) is 49.2 Å². The highest BCUT2D eigenvalue weighted by molar-refractivity contribution is 7.59. The summed E-state index contributed by atoms with van der Waals surface area (Å²) in [7, 11) is 0. The van der Waals surface area contributed by atoms with Gasteiger partial charge in [0.05, 0.1) is 12.4 Å². The first-order valence-corrected chi connectivity index (χ1v) is 9.99. The van der Waals surface area contributed by atoms with Gasteiger partial charge in [0.25, 0.3) is 0 Å². The second-order valence-corrected chi connectivity index (χ2v) is 7.83. The third-order valence-corrected chi connectivity index (χ3v) is 5.39. The van der Waals surface area contributed by atoms with Gasteiger partial charge >= 0.3 is 0 Å². The van der Waals surface area contributed by atoms with Gasteiger partial charge in [-0.1, -0.05) is 13.8 Å². The zero-order valence-electron chi connectivity index (χ0n) is 17.2. The smallest absolute Gasteiger partial charge is 0.228 e. The van der Waals surface area contributed by atoms with E-state index in [1.807, 2.05) is 12.4 Å². The quantitative estimate of drug-likeness (QED) is 0.522. The van der Waals surface area contributed by atoms with Gasteiger partial charge in [-0.3, -0.25) is 4.98 Å². The summed E-state index contributed by atoms with van der Waals surface area (Å²) in [6.45, 7) is 4.18. The lowest BCUT2D eigenvalue weighted by molar-refractivity contribution is 0.588. The van der Waals surface area contributed by atoms with E-state index in [4.69, 9.17) is 0 Å². The normalized spacial score (nSPS) is 15.5. The number of hydrogen-bond acceptors (Lipinski definition) is 7. The zero-order chi connectivity index (χ0) is 20.7. The van der Waals surface area contributed by atoms with E-state index >= 15 is 0 Å². The van der Waals surface area contributed by atoms with Gasteiger partial charge in [-0.05, 0) is 36.8 Å². The molecule has 1 N–H and O–H groups in total. The van der Waals surface area contributed by atoms with Crippen LogP contribution in [0.4, 0.5) is 10.3 Å². The Hall–Kier alpha value is -3.14. The first kappa shape index (κ1) is 21.1. The second-order valence-electron chi connectivity index (χ2n) is 7.83. The summed E-state index contributed by atoms with van der Waals surface area (Å²) in [5.41, 5.74) is 4.49. The lowest BCUT2D eigenvalue weighted by Crippen LogP contribution is -2.29. The van der Waals surface area contributed by atoms with Gasteiger partial charge in [0.15, 0.2) is 11.5 Å². The van der Waals surface area contributed by atoms with Crippen LogP contribution in [0.15, 0.2) is 37.2 Å². The molecular weight excluding hydrogens is 415 g/mol. The molecule has 0 amide bonds. The summed E-state index contributed by atoms with van der Waals surface area (Å²) in [4.78, 5) is 21.8. The van der Waals surface area contributed by atoms with E-state index in [0.29, 0.717) is 23.0 Å². The number of rotatable bonds is 4. The van der Waals surface area contributed by atoms with Crippen LogP contribution in [-0.4, -0.2) is 40.6 Å². The molecule has 0 aromatic carbocycles. The second kappa shape index (κ2) is 8.54. The van der Waals surface area contributed by atoms with Crippen molar-refractivity contribution >= 4 is 25.1 Å². The maximum Gasteiger partial charge on any atom is 0.228 e. The van der Waals surface area contributed by atoms with Crippen molar-refractivity contribution in [3.8, 4) is 11.4 Å². The van der Waals surface area contributed by atoms with Gasteiger partial charge in [0.2, 0.25) is 5.95 Å². The Bertz CT molecular complexity index is 1230. The summed E-state index contributed by atoms with van der Waals surface area (Å²) in [5, 5.41) is 8.04. The van der Waals surface area contributed by atoms with E-state index < -0.39 is 5.82 Å². The van der Waals surface area contributed by atoms with Crippen molar-refractivity contribution in [1.82, 2.24) is 34.5 Å². The molecule has 1 aliphatic rings. The van der Waals surface area contributed by atoms with Crippen molar-refractivity contribution in [1.29, 1.82) is 0 Å². The molecule has 1 atom stereocenters. The van der Waals surface area contributed by atoms with Gasteiger partial charge in [-0.15, -0.1) is 0 Å². The number of halogens is 1. The number of anilines is 1. The van der Waals surface area contributed by atoms with E-state index in [-0.39, 0.29) is 25.5 Å². The Balaban J connectivity index is 0.00000231. The molecule has 1 aliphatic carbocycles. The average Bonchev–Trinajstić information content (AvgIpc) is 3.18. The molecule has 160 valence electrons. The molecule has 0 saturated heterocycles. The fraction of sp³-hybridized carbons (Fsp3) is 0.333. The molecule has 4 heterocycles. The molecule has 0 radical (unpaired) electrons. The SMILES string of the molecule is CC(C)c1cnn2c(N[C@@H]3CCc4ncncc4C3)nc(-c3cncc(F)c3)nc12.S. The van der Waals surface area contributed by atoms with Crippen LogP contribution in [0.5, 0.6) is 0 Å². The third kappa shape index (κ3) is 4.07. The molecule has 0 bridgehead atoms. The van der Waals surface area contributed by atoms with Crippen molar-refractivity contribution in [3.63, 3.8) is 0 Å². The Morgan fingerprint density at radius 2 is 2.00 bits per heavy atom. The fourth-order valence-corrected chi connectivity index (χ4v) is 3.82. The molecule has 10 heteroatoms. The number of fused-ring (bicyclic) bond motifs is 2. The molecule has 0 spiro atoms. The molecule has 4 aromatic rings. The molecular formula is C21H23FN8S. The third-order valence-electron chi connectivity index (χ3n) is 5.39. The van der Waals surface area contributed by atoms with Crippen LogP contribution in [0.2, 0.25) is 0 Å². The summed E-state index contributed by atoms with van der Waals surface area (Å²) in [6, 6.07) is 1.55. The standard InChI is InChI=1S/C21H21FN8.H2S/c1-12(2)17-10-26-30-20(17)28-19(14-5-15(22)9-23-8-14)29-21(30)27-16-3-4-18-13(6-16)7-24-11-25-18;/h5,7-12,16H,3-4,6H2,1-2H3,(H,27,28,29);1H2/t16-;/m1./s1. The minimum Gasteiger partial charge on any atom is -0.351 e. The van der Waals surface area contributed by atoms with E-state index in [1.165, 1.54) is 12.3 Å². The van der Waals surface area contributed by atoms with Gasteiger partial charge < -0.3 is 5.32 Å². The summed E-state index contributed by atoms with van der Waals surface area (Å²) in [5.74, 6) is 0.810. The zero-order valence-corrected chi connectivity index (χ0v) is 18.2. The van der Waals surface area contributed by atoms with Crippen LogP contribution < -0.4 is 5.32 Å². The minimum atomic E-state index is -0.424. The van der Waals surface area contributed by atoms with Gasteiger partial charge in [0, 0.05) is 35.3 Å². The van der Waals surface area contributed by atoms with Crippen LogP contribution in [-0.2, 0) is 12.8 Å². The Morgan fingerprint density at radius 3 is 2.81 bits per heavy atom. The maximum absolute atomic E-state index is 13.8. The summed E-state index contributed by atoms with van der Waals surface area (Å²) >= 11 is 0. The van der Waals surface area contributed by atoms with Crippen LogP contribution in [0.3, 0.4) is 0 Å². The van der Waals surface area contributed by atoms with Crippen LogP contribution >= 0.6 is 13.5 Å². The lowest BCUT2D eigenvalue weighted by atomic mass is 9.93. The molecule has 31 heavy (non-hydrogen) atoms. The highest BCUT2D eigenvalue weighted by atomic mass is 32.1. The molecule has 4 aromatic heterocycles. The molecule has 0 saturated carbocycles. The fourth-order valence-electron chi connectivity index (χ4n) is 3.82. The Kier molecular flexibility index (Phi) is 5.81. The van der Waals surface area contributed by atoms with E-state index in [9.17, 15) is 4.39 Å². The predicted molar refractivity (Wildman–Crippen MR) is 120 cm³/mol. The Morgan fingerprint density at radius 1 is 1.13 bits per heavy atom. The maximum atomic E-state index is 13.8. The number of aromatic nitrogens is 7. The van der Waals surface area contributed by atoms with Crippen molar-refractivity contribution < 1.29 is 4.39 Å². The van der Waals surface area contributed by atoms with Gasteiger partial charge in [-0.2, -0.15) is 28.1 Å². The van der Waals surface area contributed by atoms with Crippen LogP contribution in [0, 0.1) is 5.82 Å². The predicted octanol–water partition coefficient (Wildman–Crippen LogP) is 3.32. The van der Waals surface area contributed by atoms with Crippen molar-refractivity contribution in [2.24, 2.45) is 0 Å². The van der Waals surface area contributed by atoms with Gasteiger partial charge in [-0.25, -0.2) is 19.3 Å². The van der Waals surface area contributed by atoms with Crippen molar-refractivity contribution in [2.45, 2.75) is 45.1 Å². The first-order valence-electron chi connectivity index (χ1n) is 9.99. The topological polar surface area (TPSA) is 93.8 Å². The highest BCUT2D eigenvalue weighted by Gasteiger charge is 2.23. The summed E-state index contributed by atoms with van der Waals surface area (Å²) in [6.07, 6.45) is 10.6. The highest BCUT2D eigenvalue weighted by Crippen LogP contribution is 2.26. The van der Waals surface area contributed by atoms with Crippen LogP contribution in [0.1, 0.15) is 43.0 Å². The largest absolute Gasteiger partial charge is 0.351 e. The van der Waals surface area contributed by atoms with Crippen molar-refractivity contribution in [3.05, 3.63) is 59.8 Å². The molecule has 0 unspecified atom stereocenters.